The lowest BCUT2D eigenvalue weighted by Crippen LogP contribution is -2.10. The van der Waals surface area contributed by atoms with Crippen molar-refractivity contribution in [2.24, 2.45) is 0 Å². The Kier molecular flexibility index (Phi) is 5.94. The number of carboxylic acid groups (broad SMARTS) is 1. The van der Waals surface area contributed by atoms with Gasteiger partial charge >= 0.3 is 5.97 Å². The van der Waals surface area contributed by atoms with Gasteiger partial charge in [-0.05, 0) is 20.3 Å². The molecule has 0 fully saturated rings. The lowest BCUT2D eigenvalue weighted by molar-refractivity contribution is 0.0690. The summed E-state index contributed by atoms with van der Waals surface area (Å²) in [6, 6.07) is 0. The van der Waals surface area contributed by atoms with Crippen LogP contribution in [0.5, 0.6) is 0 Å². The van der Waals surface area contributed by atoms with Crippen molar-refractivity contribution in [2.45, 2.75) is 32.2 Å². The third-order valence-corrected chi connectivity index (χ3v) is 5.51. The predicted molar refractivity (Wildman–Crippen MR) is 78.1 cm³/mol. The van der Waals surface area contributed by atoms with E-state index < -0.39 is 15.8 Å². The number of carboxylic acids is 1. The number of aromatic carboxylic acids is 1. The van der Waals surface area contributed by atoms with Gasteiger partial charge in [0.25, 0.3) is 0 Å². The van der Waals surface area contributed by atoms with E-state index in [2.05, 4.69) is 9.97 Å². The fraction of sp³-hybridized carbons (Fsp3) is 0.583. The first-order chi connectivity index (χ1) is 9.26. The fourth-order valence-corrected chi connectivity index (χ4v) is 3.74. The maximum atomic E-state index is 11.4. The zero-order valence-electron chi connectivity index (χ0n) is 11.7. The first kappa shape index (κ1) is 16.9. The molecule has 0 aliphatic rings. The van der Waals surface area contributed by atoms with Crippen molar-refractivity contribution >= 4 is 27.6 Å². The van der Waals surface area contributed by atoms with Crippen molar-refractivity contribution in [3.63, 3.8) is 0 Å². The normalized spacial score (nSPS) is 11.6. The van der Waals surface area contributed by atoms with Crippen LogP contribution in [0.4, 0.5) is 0 Å². The molecule has 0 amide bonds. The number of hydrogen-bond acceptors (Lipinski definition) is 6. The van der Waals surface area contributed by atoms with E-state index in [9.17, 15) is 18.3 Å². The molecular weight excluding hydrogens is 300 g/mol. The molecule has 0 saturated heterocycles. The number of aryl methyl sites for hydroxylation is 2. The van der Waals surface area contributed by atoms with Gasteiger partial charge in [-0.1, -0.05) is 6.92 Å². The van der Waals surface area contributed by atoms with E-state index in [1.54, 1.807) is 20.8 Å². The molecule has 8 heteroatoms. The molecule has 0 aliphatic carbocycles. The molecule has 1 aromatic rings. The van der Waals surface area contributed by atoms with Crippen LogP contribution in [0.1, 0.15) is 35.2 Å². The third kappa shape index (κ3) is 4.75. The summed E-state index contributed by atoms with van der Waals surface area (Å²) in [6.07, 6.45) is 0.474. The Bertz CT molecular complexity index is 600. The number of hydrogen-bond donors (Lipinski definition) is 1. The van der Waals surface area contributed by atoms with Crippen molar-refractivity contribution in [1.82, 2.24) is 9.97 Å². The maximum Gasteiger partial charge on any atom is 0.340 e. The van der Waals surface area contributed by atoms with Gasteiger partial charge in [0.1, 0.15) is 26.3 Å². The largest absolute Gasteiger partial charge is 0.478 e. The van der Waals surface area contributed by atoms with E-state index in [-0.39, 0.29) is 17.1 Å². The molecule has 0 aromatic carbocycles. The van der Waals surface area contributed by atoms with Gasteiger partial charge in [0.15, 0.2) is 0 Å². The molecule has 0 aliphatic heterocycles. The van der Waals surface area contributed by atoms with Gasteiger partial charge in [0.2, 0.25) is 0 Å². The standard InChI is InChI=1S/C12H18N2O4S2/c1-4-20(17,18)7-5-6-19-11-10(12(15)16)8(2)13-9(3)14-11/h4-7H2,1-3H3,(H,15,16). The number of aromatic nitrogens is 2. The predicted octanol–water partition coefficient (Wildman–Crippen LogP) is 1.71. The molecule has 0 saturated carbocycles. The van der Waals surface area contributed by atoms with Crippen LogP contribution in [-0.4, -0.2) is 46.7 Å². The van der Waals surface area contributed by atoms with E-state index in [0.29, 0.717) is 28.7 Å². The van der Waals surface area contributed by atoms with E-state index in [1.165, 1.54) is 11.8 Å². The van der Waals surface area contributed by atoms with Crippen molar-refractivity contribution in [3.05, 3.63) is 17.1 Å². The smallest absolute Gasteiger partial charge is 0.340 e. The summed E-state index contributed by atoms with van der Waals surface area (Å²) >= 11 is 1.26. The van der Waals surface area contributed by atoms with Crippen LogP contribution >= 0.6 is 11.8 Å². The van der Waals surface area contributed by atoms with Gasteiger partial charge in [0, 0.05) is 11.5 Å². The molecule has 0 radical (unpaired) electrons. The lowest BCUT2D eigenvalue weighted by atomic mass is 10.2. The van der Waals surface area contributed by atoms with Crippen LogP contribution in [0.2, 0.25) is 0 Å². The molecular formula is C12H18N2O4S2. The number of carbonyl (C=O) groups is 1. The monoisotopic (exact) mass is 318 g/mol. The molecule has 20 heavy (non-hydrogen) atoms. The average Bonchev–Trinajstić information content (AvgIpc) is 2.33. The fourth-order valence-electron chi connectivity index (χ4n) is 1.62. The molecule has 1 aromatic heterocycles. The molecule has 1 N–H and O–H groups in total. The van der Waals surface area contributed by atoms with Gasteiger partial charge in [-0.2, -0.15) is 0 Å². The molecule has 0 atom stereocenters. The summed E-state index contributed by atoms with van der Waals surface area (Å²) in [7, 11) is -2.98. The summed E-state index contributed by atoms with van der Waals surface area (Å²) in [5, 5.41) is 9.57. The quantitative estimate of drug-likeness (QED) is 0.464. The van der Waals surface area contributed by atoms with Crippen LogP contribution in [0, 0.1) is 13.8 Å². The van der Waals surface area contributed by atoms with Gasteiger partial charge in [0.05, 0.1) is 11.4 Å². The van der Waals surface area contributed by atoms with E-state index in [0.717, 1.165) is 0 Å². The average molecular weight is 318 g/mol. The van der Waals surface area contributed by atoms with Crippen LogP contribution in [0.25, 0.3) is 0 Å². The van der Waals surface area contributed by atoms with Crippen molar-refractivity contribution < 1.29 is 18.3 Å². The van der Waals surface area contributed by atoms with Crippen molar-refractivity contribution in [2.75, 3.05) is 17.3 Å². The first-order valence-electron chi connectivity index (χ1n) is 6.18. The summed E-state index contributed by atoms with van der Waals surface area (Å²) in [5.74, 6) is 0.198. The second-order valence-electron chi connectivity index (χ2n) is 4.28. The minimum atomic E-state index is -2.98. The molecule has 0 unspecified atom stereocenters. The SMILES string of the molecule is CCS(=O)(=O)CCCSc1nc(C)nc(C)c1C(=O)O. The van der Waals surface area contributed by atoms with Crippen LogP contribution < -0.4 is 0 Å². The lowest BCUT2D eigenvalue weighted by Gasteiger charge is -2.08. The Morgan fingerprint density at radius 1 is 1.30 bits per heavy atom. The minimum absolute atomic E-state index is 0.0962. The Balaban J connectivity index is 2.76. The third-order valence-electron chi connectivity index (χ3n) is 2.66. The van der Waals surface area contributed by atoms with Crippen LogP contribution in [0.3, 0.4) is 0 Å². The molecule has 6 nitrogen and oxygen atoms in total. The molecule has 0 spiro atoms. The van der Waals surface area contributed by atoms with Gasteiger partial charge in [-0.15, -0.1) is 11.8 Å². The summed E-state index contributed by atoms with van der Waals surface area (Å²) in [5.41, 5.74) is 0.521. The van der Waals surface area contributed by atoms with Crippen LogP contribution in [0.15, 0.2) is 5.03 Å². The van der Waals surface area contributed by atoms with E-state index in [1.807, 2.05) is 0 Å². The van der Waals surface area contributed by atoms with E-state index in [4.69, 9.17) is 0 Å². The molecule has 1 rings (SSSR count). The number of rotatable bonds is 7. The number of sulfone groups is 1. The molecule has 112 valence electrons. The van der Waals surface area contributed by atoms with Crippen molar-refractivity contribution in [3.8, 4) is 0 Å². The van der Waals surface area contributed by atoms with E-state index >= 15 is 0 Å². The Morgan fingerprint density at radius 2 is 1.95 bits per heavy atom. The molecule has 0 bridgehead atoms. The Labute approximate surface area is 122 Å². The topological polar surface area (TPSA) is 97.2 Å². The second-order valence-corrected chi connectivity index (χ2v) is 7.84. The molecule has 1 heterocycles. The Morgan fingerprint density at radius 3 is 2.50 bits per heavy atom. The summed E-state index contributed by atoms with van der Waals surface area (Å²) < 4.78 is 22.7. The highest BCUT2D eigenvalue weighted by atomic mass is 32.2. The zero-order chi connectivity index (χ0) is 15.3. The highest BCUT2D eigenvalue weighted by molar-refractivity contribution is 7.99. The van der Waals surface area contributed by atoms with Gasteiger partial charge in [-0.25, -0.2) is 23.2 Å². The summed E-state index contributed by atoms with van der Waals surface area (Å²) in [4.78, 5) is 19.4. The van der Waals surface area contributed by atoms with Gasteiger partial charge < -0.3 is 5.11 Å². The summed E-state index contributed by atoms with van der Waals surface area (Å²) in [6.45, 7) is 4.94. The first-order valence-corrected chi connectivity index (χ1v) is 8.99. The minimum Gasteiger partial charge on any atom is -0.478 e. The Hall–Kier alpha value is -1.15. The second kappa shape index (κ2) is 7.03. The zero-order valence-corrected chi connectivity index (χ0v) is 13.3. The van der Waals surface area contributed by atoms with Crippen LogP contribution in [-0.2, 0) is 9.84 Å². The number of thioether (sulfide) groups is 1. The highest BCUT2D eigenvalue weighted by Gasteiger charge is 2.17. The number of nitrogens with zero attached hydrogens (tertiary/aromatic N) is 2. The maximum absolute atomic E-state index is 11.4. The van der Waals surface area contributed by atoms with Crippen molar-refractivity contribution in [1.29, 1.82) is 0 Å². The van der Waals surface area contributed by atoms with Gasteiger partial charge in [-0.3, -0.25) is 0 Å². The highest BCUT2D eigenvalue weighted by Crippen LogP contribution is 2.23.